The lowest BCUT2D eigenvalue weighted by Gasteiger charge is -2.50. The molecule has 4 atom stereocenters. The number of fused-ring (bicyclic) bond motifs is 1. The molecule has 0 saturated heterocycles. The predicted octanol–water partition coefficient (Wildman–Crippen LogP) is 3.18. The summed E-state index contributed by atoms with van der Waals surface area (Å²) < 4.78 is 18.5. The van der Waals surface area contributed by atoms with E-state index in [2.05, 4.69) is 15.9 Å². The van der Waals surface area contributed by atoms with Crippen molar-refractivity contribution in [2.75, 3.05) is 13.7 Å². The van der Waals surface area contributed by atoms with Gasteiger partial charge in [0.1, 0.15) is 23.2 Å². The van der Waals surface area contributed by atoms with Crippen molar-refractivity contribution in [2.24, 2.45) is 0 Å². The molecule has 0 aromatic heterocycles. The largest absolute Gasteiger partial charge is 0.482 e. The predicted molar refractivity (Wildman–Crippen MR) is 92.1 cm³/mol. The average molecular weight is 399 g/mol. The molecule has 1 aromatic carbocycles. The van der Waals surface area contributed by atoms with E-state index in [1.807, 2.05) is 25.1 Å². The summed E-state index contributed by atoms with van der Waals surface area (Å²) in [5, 5.41) is 11.3. The van der Waals surface area contributed by atoms with Gasteiger partial charge < -0.3 is 19.3 Å². The maximum Gasteiger partial charge on any atom is 0.160 e. The molecule has 0 radical (unpaired) electrons. The number of rotatable bonds is 4. The number of carbonyl (C=O) groups excluding carboxylic acids is 1. The molecule has 1 saturated carbocycles. The first-order valence-corrected chi connectivity index (χ1v) is 8.93. The van der Waals surface area contributed by atoms with Crippen LogP contribution in [0, 0.1) is 0 Å². The molecule has 2 aliphatic rings. The van der Waals surface area contributed by atoms with Gasteiger partial charge in [-0.3, -0.25) is 4.79 Å². The molecule has 1 fully saturated rings. The van der Waals surface area contributed by atoms with E-state index in [1.165, 1.54) is 0 Å². The van der Waals surface area contributed by atoms with Crippen LogP contribution in [-0.2, 0) is 14.3 Å². The molecule has 1 aliphatic heterocycles. The van der Waals surface area contributed by atoms with Crippen LogP contribution in [0.3, 0.4) is 0 Å². The molecule has 1 N–H and O–H groups in total. The Morgan fingerprint density at radius 3 is 2.79 bits per heavy atom. The number of methoxy groups -OCH3 is 1. The number of carbonyl (C=O) groups is 1. The lowest BCUT2D eigenvalue weighted by atomic mass is 9.76. The fourth-order valence-electron chi connectivity index (χ4n) is 3.49. The SMILES string of the molecule is COCC1(C)Oc2ccc(Br)cc2C(OC2CCC(=O)C2)C1(C)O. The minimum absolute atomic E-state index is 0.175. The van der Waals surface area contributed by atoms with E-state index < -0.39 is 17.3 Å². The maximum atomic E-state index is 11.6. The first-order chi connectivity index (χ1) is 11.3. The van der Waals surface area contributed by atoms with Gasteiger partial charge in [-0.15, -0.1) is 0 Å². The van der Waals surface area contributed by atoms with Gasteiger partial charge in [0.2, 0.25) is 0 Å². The van der Waals surface area contributed by atoms with Crippen LogP contribution in [0.15, 0.2) is 22.7 Å². The summed E-state index contributed by atoms with van der Waals surface area (Å²) in [5.41, 5.74) is -1.50. The van der Waals surface area contributed by atoms with E-state index in [9.17, 15) is 9.90 Å². The van der Waals surface area contributed by atoms with E-state index in [1.54, 1.807) is 14.0 Å². The molecular weight excluding hydrogens is 376 g/mol. The fourth-order valence-corrected chi connectivity index (χ4v) is 3.87. The first-order valence-electron chi connectivity index (χ1n) is 8.14. The second kappa shape index (κ2) is 6.41. The van der Waals surface area contributed by atoms with E-state index in [0.717, 1.165) is 10.0 Å². The second-order valence-electron chi connectivity index (χ2n) is 7.02. The monoisotopic (exact) mass is 398 g/mol. The lowest BCUT2D eigenvalue weighted by molar-refractivity contribution is -0.229. The average Bonchev–Trinajstić information content (AvgIpc) is 2.91. The quantitative estimate of drug-likeness (QED) is 0.843. The molecule has 4 unspecified atom stereocenters. The van der Waals surface area contributed by atoms with Crippen molar-refractivity contribution in [1.82, 2.24) is 0 Å². The smallest absolute Gasteiger partial charge is 0.160 e. The van der Waals surface area contributed by atoms with Crippen LogP contribution in [0.2, 0.25) is 0 Å². The third-order valence-electron chi connectivity index (χ3n) is 5.12. The van der Waals surface area contributed by atoms with Gasteiger partial charge in [-0.2, -0.15) is 0 Å². The Labute approximate surface area is 150 Å². The molecule has 6 heteroatoms. The van der Waals surface area contributed by atoms with Gasteiger partial charge in [-0.1, -0.05) is 15.9 Å². The third-order valence-corrected chi connectivity index (χ3v) is 5.61. The number of Topliss-reactive ketones (excluding diaryl/α,β-unsaturated/α-hetero) is 1. The number of ether oxygens (including phenoxy) is 3. The van der Waals surface area contributed by atoms with Gasteiger partial charge >= 0.3 is 0 Å². The molecule has 5 nitrogen and oxygen atoms in total. The van der Waals surface area contributed by atoms with Gasteiger partial charge in [0.05, 0.1) is 12.7 Å². The Kier molecular flexibility index (Phi) is 4.77. The Hall–Kier alpha value is -0.950. The molecule has 3 rings (SSSR count). The minimum Gasteiger partial charge on any atom is -0.482 e. The van der Waals surface area contributed by atoms with E-state index >= 15 is 0 Å². The lowest BCUT2D eigenvalue weighted by Crippen LogP contribution is -2.63. The van der Waals surface area contributed by atoms with E-state index in [0.29, 0.717) is 25.0 Å². The van der Waals surface area contributed by atoms with Crippen molar-refractivity contribution >= 4 is 21.7 Å². The molecule has 1 aliphatic carbocycles. The van der Waals surface area contributed by atoms with Crippen molar-refractivity contribution in [3.63, 3.8) is 0 Å². The highest BCUT2D eigenvalue weighted by atomic mass is 79.9. The van der Waals surface area contributed by atoms with E-state index in [4.69, 9.17) is 14.2 Å². The summed E-state index contributed by atoms with van der Waals surface area (Å²) >= 11 is 3.47. The van der Waals surface area contributed by atoms with Crippen LogP contribution in [0.4, 0.5) is 0 Å². The van der Waals surface area contributed by atoms with Crippen molar-refractivity contribution in [2.45, 2.75) is 56.5 Å². The van der Waals surface area contributed by atoms with Crippen LogP contribution in [0.25, 0.3) is 0 Å². The number of benzene rings is 1. The number of hydrogen-bond donors (Lipinski definition) is 1. The van der Waals surface area contributed by atoms with Gasteiger partial charge in [-0.25, -0.2) is 0 Å². The van der Waals surface area contributed by atoms with Crippen LogP contribution in [0.1, 0.15) is 44.8 Å². The summed E-state index contributed by atoms with van der Waals surface area (Å²) in [4.78, 5) is 11.6. The zero-order valence-electron chi connectivity index (χ0n) is 14.2. The summed E-state index contributed by atoms with van der Waals surface area (Å²) in [6, 6.07) is 5.65. The number of hydrogen-bond acceptors (Lipinski definition) is 5. The summed E-state index contributed by atoms with van der Waals surface area (Å²) in [6.45, 7) is 3.74. The number of halogens is 1. The molecule has 24 heavy (non-hydrogen) atoms. The summed E-state index contributed by atoms with van der Waals surface area (Å²) in [7, 11) is 1.58. The van der Waals surface area contributed by atoms with Crippen molar-refractivity contribution in [3.8, 4) is 5.75 Å². The van der Waals surface area contributed by atoms with Crippen molar-refractivity contribution in [1.29, 1.82) is 0 Å². The molecule has 0 amide bonds. The normalized spacial score (nSPS) is 35.6. The van der Waals surface area contributed by atoms with Gasteiger partial charge in [0, 0.05) is 30.0 Å². The second-order valence-corrected chi connectivity index (χ2v) is 7.93. The van der Waals surface area contributed by atoms with Crippen molar-refractivity contribution < 1.29 is 24.1 Å². The first kappa shape index (κ1) is 17.9. The Balaban J connectivity index is 2.01. The highest BCUT2D eigenvalue weighted by Gasteiger charge is 2.57. The third kappa shape index (κ3) is 3.01. The fraction of sp³-hybridized carbons (Fsp3) is 0.611. The van der Waals surface area contributed by atoms with Gasteiger partial charge in [0.15, 0.2) is 5.60 Å². The number of aliphatic hydroxyl groups is 1. The molecular formula is C18H23BrO5. The number of ketones is 1. The Bertz CT molecular complexity index is 644. The summed E-state index contributed by atoms with van der Waals surface area (Å²) in [5.74, 6) is 0.874. The van der Waals surface area contributed by atoms with Crippen molar-refractivity contribution in [3.05, 3.63) is 28.2 Å². The highest BCUT2D eigenvalue weighted by molar-refractivity contribution is 9.10. The Morgan fingerprint density at radius 2 is 2.17 bits per heavy atom. The molecule has 0 bridgehead atoms. The maximum absolute atomic E-state index is 11.6. The topological polar surface area (TPSA) is 65.0 Å². The van der Waals surface area contributed by atoms with Crippen LogP contribution < -0.4 is 4.74 Å². The molecule has 132 valence electrons. The minimum atomic E-state index is -1.32. The highest BCUT2D eigenvalue weighted by Crippen LogP contribution is 2.50. The molecule has 1 heterocycles. The van der Waals surface area contributed by atoms with Crippen LogP contribution in [0.5, 0.6) is 5.75 Å². The van der Waals surface area contributed by atoms with Crippen LogP contribution >= 0.6 is 15.9 Å². The van der Waals surface area contributed by atoms with E-state index in [-0.39, 0.29) is 18.5 Å². The zero-order chi connectivity index (χ0) is 17.5. The van der Waals surface area contributed by atoms with Gasteiger partial charge in [0.25, 0.3) is 0 Å². The standard InChI is InChI=1S/C18H23BrO5/c1-17(10-22-3)18(2,21)16(23-13-6-5-12(20)9-13)14-8-11(19)4-7-15(14)24-17/h4,7-8,13,16,21H,5-6,9-10H2,1-3H3. The zero-order valence-corrected chi connectivity index (χ0v) is 15.8. The van der Waals surface area contributed by atoms with Crippen LogP contribution in [-0.4, -0.2) is 41.9 Å². The van der Waals surface area contributed by atoms with Gasteiger partial charge in [-0.05, 0) is 38.5 Å². The molecule has 0 spiro atoms. The molecule has 1 aromatic rings. The summed E-state index contributed by atoms with van der Waals surface area (Å²) in [6.07, 6.45) is 0.853. The Morgan fingerprint density at radius 1 is 1.42 bits per heavy atom.